The average molecular weight is 169 g/mol. The van der Waals surface area contributed by atoms with Crippen LogP contribution in [0, 0.1) is 0 Å². The van der Waals surface area contributed by atoms with E-state index in [1.165, 1.54) is 0 Å². The van der Waals surface area contributed by atoms with E-state index in [1.807, 2.05) is 13.0 Å². The van der Waals surface area contributed by atoms with Crippen LogP contribution in [0.25, 0.3) is 0 Å². The van der Waals surface area contributed by atoms with Crippen molar-refractivity contribution in [3.8, 4) is 0 Å². The molecule has 0 spiro atoms. The minimum Gasteiger partial charge on any atom is -0.368 e. The Morgan fingerprint density at radius 3 is 2.50 bits per heavy atom. The van der Waals surface area contributed by atoms with Gasteiger partial charge in [-0.05, 0) is 13.8 Å². The number of amides is 1. The van der Waals surface area contributed by atoms with Crippen LogP contribution in [0.15, 0.2) is 16.8 Å². The van der Waals surface area contributed by atoms with E-state index in [-0.39, 0.29) is 0 Å². The second-order valence-electron chi connectivity index (χ2n) is 2.38. The smallest absolute Gasteiger partial charge is 0.234 e. The third-order valence-corrected chi connectivity index (χ3v) is 1.42. The standard InChI is InChI=1S/C8H15N3O/c1-3-6(11-4-2)5-7(9)8(10)12/h3-4,7H,5,9H2,1-2H3,(H2,10,12)/b6-3-,11-4?/t7-/m1/s1. The Hall–Kier alpha value is -1.16. The van der Waals surface area contributed by atoms with Crippen molar-refractivity contribution in [3.05, 3.63) is 11.8 Å². The van der Waals surface area contributed by atoms with Gasteiger partial charge in [-0.1, -0.05) is 6.08 Å². The second kappa shape index (κ2) is 5.49. The van der Waals surface area contributed by atoms with Crippen molar-refractivity contribution < 1.29 is 4.79 Å². The summed E-state index contributed by atoms with van der Waals surface area (Å²) in [4.78, 5) is 14.6. The number of hydrogen-bond donors (Lipinski definition) is 2. The van der Waals surface area contributed by atoms with Gasteiger partial charge in [-0.3, -0.25) is 9.79 Å². The molecular weight excluding hydrogens is 154 g/mol. The predicted molar refractivity (Wildman–Crippen MR) is 49.7 cm³/mol. The molecule has 0 fully saturated rings. The molecule has 0 aromatic rings. The first kappa shape index (κ1) is 10.8. The SMILES string of the molecule is CC=N/C(=C\C)C[C@@H](N)C(N)=O. The zero-order valence-corrected chi connectivity index (χ0v) is 7.45. The quantitative estimate of drug-likeness (QED) is 0.589. The number of aliphatic imine (C=N–C) groups is 1. The average Bonchev–Trinajstić information content (AvgIpc) is 2.03. The van der Waals surface area contributed by atoms with Crippen LogP contribution in [-0.2, 0) is 4.79 Å². The molecule has 0 saturated heterocycles. The van der Waals surface area contributed by atoms with Crippen molar-refractivity contribution >= 4 is 12.1 Å². The highest BCUT2D eigenvalue weighted by atomic mass is 16.1. The van der Waals surface area contributed by atoms with E-state index in [4.69, 9.17) is 11.5 Å². The number of allylic oxidation sites excluding steroid dienone is 1. The molecule has 4 nitrogen and oxygen atoms in total. The van der Waals surface area contributed by atoms with Gasteiger partial charge >= 0.3 is 0 Å². The molecule has 0 aliphatic carbocycles. The number of rotatable bonds is 4. The number of nitrogens with zero attached hydrogens (tertiary/aromatic N) is 1. The van der Waals surface area contributed by atoms with Crippen molar-refractivity contribution in [3.63, 3.8) is 0 Å². The van der Waals surface area contributed by atoms with Gasteiger partial charge in [0.05, 0.1) is 6.04 Å². The van der Waals surface area contributed by atoms with E-state index in [1.54, 1.807) is 13.1 Å². The molecule has 12 heavy (non-hydrogen) atoms. The van der Waals surface area contributed by atoms with Gasteiger partial charge in [0.15, 0.2) is 0 Å². The lowest BCUT2D eigenvalue weighted by molar-refractivity contribution is -0.119. The number of carbonyl (C=O) groups is 1. The van der Waals surface area contributed by atoms with Crippen LogP contribution in [0.5, 0.6) is 0 Å². The Balaban J connectivity index is 4.13. The van der Waals surface area contributed by atoms with Gasteiger partial charge in [0.25, 0.3) is 0 Å². The molecule has 0 rings (SSSR count). The molecule has 0 aliphatic heterocycles. The summed E-state index contributed by atoms with van der Waals surface area (Å²) in [7, 11) is 0. The molecule has 0 radical (unpaired) electrons. The summed E-state index contributed by atoms with van der Waals surface area (Å²) in [6.45, 7) is 3.65. The molecule has 1 amide bonds. The molecular formula is C8H15N3O. The second-order valence-corrected chi connectivity index (χ2v) is 2.38. The lowest BCUT2D eigenvalue weighted by Crippen LogP contribution is -2.36. The van der Waals surface area contributed by atoms with Crippen molar-refractivity contribution in [2.75, 3.05) is 0 Å². The molecule has 0 aliphatic rings. The molecule has 0 bridgehead atoms. The number of nitrogens with two attached hydrogens (primary N) is 2. The molecule has 0 aromatic heterocycles. The van der Waals surface area contributed by atoms with Crippen LogP contribution in [0.2, 0.25) is 0 Å². The lowest BCUT2D eigenvalue weighted by atomic mass is 10.1. The van der Waals surface area contributed by atoms with E-state index < -0.39 is 11.9 Å². The summed E-state index contributed by atoms with van der Waals surface area (Å²) in [6.07, 6.45) is 3.86. The molecule has 4 heteroatoms. The fourth-order valence-corrected chi connectivity index (χ4v) is 0.737. The highest BCUT2D eigenvalue weighted by Crippen LogP contribution is 2.04. The molecule has 0 saturated carbocycles. The predicted octanol–water partition coefficient (Wildman–Crippen LogP) is 0.184. The Morgan fingerprint density at radius 1 is 1.58 bits per heavy atom. The largest absolute Gasteiger partial charge is 0.368 e. The summed E-state index contributed by atoms with van der Waals surface area (Å²) >= 11 is 0. The Labute approximate surface area is 72.3 Å². The monoisotopic (exact) mass is 169 g/mol. The molecule has 68 valence electrons. The maximum absolute atomic E-state index is 10.6. The maximum atomic E-state index is 10.6. The van der Waals surface area contributed by atoms with Crippen molar-refractivity contribution in [2.24, 2.45) is 16.5 Å². The van der Waals surface area contributed by atoms with Gasteiger partial charge in [-0.2, -0.15) is 0 Å². The Morgan fingerprint density at radius 2 is 2.17 bits per heavy atom. The van der Waals surface area contributed by atoms with Crippen molar-refractivity contribution in [1.29, 1.82) is 0 Å². The molecule has 0 aromatic carbocycles. The zero-order chi connectivity index (χ0) is 9.56. The number of hydrogen-bond acceptors (Lipinski definition) is 3. The molecule has 0 unspecified atom stereocenters. The van der Waals surface area contributed by atoms with E-state index in [0.717, 1.165) is 5.70 Å². The van der Waals surface area contributed by atoms with Gasteiger partial charge in [-0.15, -0.1) is 0 Å². The first-order chi connectivity index (χ1) is 5.61. The topological polar surface area (TPSA) is 81.5 Å². The summed E-state index contributed by atoms with van der Waals surface area (Å²) in [5.41, 5.74) is 11.2. The van der Waals surface area contributed by atoms with Crippen molar-refractivity contribution in [1.82, 2.24) is 0 Å². The summed E-state index contributed by atoms with van der Waals surface area (Å²) < 4.78 is 0. The van der Waals surface area contributed by atoms with E-state index in [9.17, 15) is 4.79 Å². The Kier molecular flexibility index (Phi) is 4.96. The van der Waals surface area contributed by atoms with Gasteiger partial charge in [0, 0.05) is 18.3 Å². The Bertz CT molecular complexity index is 208. The number of carbonyl (C=O) groups excluding carboxylic acids is 1. The first-order valence-electron chi connectivity index (χ1n) is 3.80. The third kappa shape index (κ3) is 3.88. The van der Waals surface area contributed by atoms with Crippen LogP contribution in [0.1, 0.15) is 20.3 Å². The lowest BCUT2D eigenvalue weighted by Gasteiger charge is -2.06. The van der Waals surface area contributed by atoms with Gasteiger partial charge in [0.2, 0.25) is 5.91 Å². The summed E-state index contributed by atoms with van der Waals surface area (Å²) in [5.74, 6) is -0.499. The zero-order valence-electron chi connectivity index (χ0n) is 7.45. The fourth-order valence-electron chi connectivity index (χ4n) is 0.737. The number of primary amides is 1. The van der Waals surface area contributed by atoms with E-state index in [2.05, 4.69) is 4.99 Å². The van der Waals surface area contributed by atoms with Crippen molar-refractivity contribution in [2.45, 2.75) is 26.3 Å². The van der Waals surface area contributed by atoms with Gasteiger partial charge < -0.3 is 11.5 Å². The fraction of sp³-hybridized carbons (Fsp3) is 0.500. The minimum absolute atomic E-state index is 0.399. The van der Waals surface area contributed by atoms with Gasteiger partial charge in [0.1, 0.15) is 0 Å². The van der Waals surface area contributed by atoms with Crippen LogP contribution < -0.4 is 11.5 Å². The molecule has 4 N–H and O–H groups in total. The van der Waals surface area contributed by atoms with E-state index >= 15 is 0 Å². The maximum Gasteiger partial charge on any atom is 0.234 e. The van der Waals surface area contributed by atoms with Crippen LogP contribution in [0.3, 0.4) is 0 Å². The van der Waals surface area contributed by atoms with Crippen LogP contribution >= 0.6 is 0 Å². The molecule has 1 atom stereocenters. The minimum atomic E-state index is -0.639. The van der Waals surface area contributed by atoms with Crippen LogP contribution in [0.4, 0.5) is 0 Å². The first-order valence-corrected chi connectivity index (χ1v) is 3.80. The van der Waals surface area contributed by atoms with E-state index in [0.29, 0.717) is 6.42 Å². The highest BCUT2D eigenvalue weighted by molar-refractivity contribution is 5.79. The normalized spacial score (nSPS) is 15.1. The van der Waals surface area contributed by atoms with Gasteiger partial charge in [-0.25, -0.2) is 0 Å². The van der Waals surface area contributed by atoms with Crippen LogP contribution in [-0.4, -0.2) is 18.2 Å². The summed E-state index contributed by atoms with van der Waals surface area (Å²) in [5, 5.41) is 0. The third-order valence-electron chi connectivity index (χ3n) is 1.42. The molecule has 0 heterocycles. The highest BCUT2D eigenvalue weighted by Gasteiger charge is 2.09. The summed E-state index contributed by atoms with van der Waals surface area (Å²) in [6, 6.07) is -0.639.